The number of aromatic nitrogens is 1. The van der Waals surface area contributed by atoms with Crippen molar-refractivity contribution in [1.82, 2.24) is 4.98 Å². The molecule has 0 amide bonds. The van der Waals surface area contributed by atoms with Gasteiger partial charge in [-0.2, -0.15) is 13.2 Å². The van der Waals surface area contributed by atoms with Crippen LogP contribution in [0.1, 0.15) is 11.3 Å². The number of rotatable bonds is 5. The van der Waals surface area contributed by atoms with Gasteiger partial charge in [0.15, 0.2) is 5.75 Å². The summed E-state index contributed by atoms with van der Waals surface area (Å²) in [6.07, 6.45) is -0.709. The van der Waals surface area contributed by atoms with Crippen LogP contribution in [0.5, 0.6) is 11.5 Å². The Labute approximate surface area is 159 Å². The van der Waals surface area contributed by atoms with Gasteiger partial charge in [-0.15, -0.1) is 0 Å². The lowest BCUT2D eigenvalue weighted by Crippen LogP contribution is -2.05. The number of nitrogens with one attached hydrogen (secondary N) is 1. The second-order valence-electron chi connectivity index (χ2n) is 5.48. The molecule has 0 fully saturated rings. The minimum atomic E-state index is -4.48. The fourth-order valence-corrected chi connectivity index (χ4v) is 2.46. The minimum absolute atomic E-state index is 0.0864. The zero-order valence-electron chi connectivity index (χ0n) is 13.9. The molecule has 3 rings (SSSR count). The van der Waals surface area contributed by atoms with Gasteiger partial charge in [0.1, 0.15) is 5.75 Å². The average Bonchev–Trinajstić information content (AvgIpc) is 2.64. The van der Waals surface area contributed by atoms with Gasteiger partial charge in [0.05, 0.1) is 22.0 Å². The fourth-order valence-electron chi connectivity index (χ4n) is 2.23. The summed E-state index contributed by atoms with van der Waals surface area (Å²) in [5.41, 5.74) is 0.0125. The lowest BCUT2D eigenvalue weighted by molar-refractivity contribution is -0.137. The van der Waals surface area contributed by atoms with Crippen LogP contribution in [-0.4, -0.2) is 4.98 Å². The van der Waals surface area contributed by atoms with E-state index >= 15 is 0 Å². The molecule has 0 saturated carbocycles. The van der Waals surface area contributed by atoms with Crippen molar-refractivity contribution >= 4 is 23.4 Å². The number of anilines is 1. The highest BCUT2D eigenvalue weighted by Gasteiger charge is 2.31. The third-order valence-corrected chi connectivity index (χ3v) is 3.84. The van der Waals surface area contributed by atoms with Gasteiger partial charge < -0.3 is 10.1 Å². The molecule has 1 aromatic heterocycles. The zero-order chi connectivity index (χ0) is 19.3. The predicted octanol–water partition coefficient (Wildman–Crippen LogP) is 6.63. The summed E-state index contributed by atoms with van der Waals surface area (Å²) in [5, 5.41) is 2.94. The van der Waals surface area contributed by atoms with Gasteiger partial charge in [-0.05, 0) is 36.4 Å². The fraction of sp³-hybridized carbons (Fsp3) is 0.0500. The van der Waals surface area contributed by atoms with E-state index in [9.17, 15) is 13.2 Å². The SMILES string of the molecule is FC(F)(F)c1cnc(C=CNc2ccccc2Oc2ccccc2)c(Cl)c1. The summed E-state index contributed by atoms with van der Waals surface area (Å²) in [6.45, 7) is 0. The second-order valence-corrected chi connectivity index (χ2v) is 5.88. The van der Waals surface area contributed by atoms with Crippen LogP contribution in [0.3, 0.4) is 0 Å². The number of hydrogen-bond acceptors (Lipinski definition) is 3. The van der Waals surface area contributed by atoms with Crippen LogP contribution >= 0.6 is 11.6 Å². The highest BCUT2D eigenvalue weighted by Crippen LogP contribution is 2.32. The summed E-state index contributed by atoms with van der Waals surface area (Å²) < 4.78 is 43.8. The molecule has 0 saturated heterocycles. The summed E-state index contributed by atoms with van der Waals surface area (Å²) in [7, 11) is 0. The van der Waals surface area contributed by atoms with Gasteiger partial charge in [0, 0.05) is 12.4 Å². The normalized spacial score (nSPS) is 11.6. The maximum absolute atomic E-state index is 12.7. The molecule has 0 radical (unpaired) electrons. The van der Waals surface area contributed by atoms with Crippen molar-refractivity contribution in [2.24, 2.45) is 0 Å². The quantitative estimate of drug-likeness (QED) is 0.531. The third-order valence-electron chi connectivity index (χ3n) is 3.54. The smallest absolute Gasteiger partial charge is 0.417 e. The molecule has 0 bridgehead atoms. The first-order valence-electron chi connectivity index (χ1n) is 7.91. The van der Waals surface area contributed by atoms with E-state index in [1.165, 1.54) is 12.3 Å². The third kappa shape index (κ3) is 5.01. The average molecular weight is 391 g/mol. The Balaban J connectivity index is 1.74. The van der Waals surface area contributed by atoms with Crippen LogP contribution in [-0.2, 0) is 6.18 Å². The highest BCUT2D eigenvalue weighted by molar-refractivity contribution is 6.31. The molecule has 7 heteroatoms. The number of nitrogens with zero attached hydrogens (tertiary/aromatic N) is 1. The topological polar surface area (TPSA) is 34.2 Å². The number of halogens is 4. The van der Waals surface area contributed by atoms with E-state index in [0.717, 1.165) is 12.3 Å². The number of pyridine rings is 1. The maximum Gasteiger partial charge on any atom is 0.417 e. The van der Waals surface area contributed by atoms with Crippen LogP contribution in [0.15, 0.2) is 73.1 Å². The van der Waals surface area contributed by atoms with Gasteiger partial charge in [0.2, 0.25) is 0 Å². The van der Waals surface area contributed by atoms with E-state index in [4.69, 9.17) is 16.3 Å². The first-order chi connectivity index (χ1) is 12.9. The Morgan fingerprint density at radius 3 is 2.41 bits per heavy atom. The summed E-state index contributed by atoms with van der Waals surface area (Å²) in [4.78, 5) is 3.76. The van der Waals surface area contributed by atoms with E-state index in [1.807, 2.05) is 48.5 Å². The predicted molar refractivity (Wildman–Crippen MR) is 99.9 cm³/mol. The zero-order valence-corrected chi connectivity index (χ0v) is 14.6. The van der Waals surface area contributed by atoms with Gasteiger partial charge >= 0.3 is 6.18 Å². The Morgan fingerprint density at radius 2 is 1.70 bits per heavy atom. The van der Waals surface area contributed by atoms with Crippen molar-refractivity contribution in [2.45, 2.75) is 6.18 Å². The monoisotopic (exact) mass is 390 g/mol. The lowest BCUT2D eigenvalue weighted by atomic mass is 10.2. The van der Waals surface area contributed by atoms with E-state index in [-0.39, 0.29) is 10.7 Å². The van der Waals surface area contributed by atoms with Crippen molar-refractivity contribution in [3.8, 4) is 11.5 Å². The van der Waals surface area contributed by atoms with E-state index in [2.05, 4.69) is 10.3 Å². The Hall–Kier alpha value is -2.99. The van der Waals surface area contributed by atoms with Crippen LogP contribution in [0.25, 0.3) is 6.08 Å². The van der Waals surface area contributed by atoms with Crippen molar-refractivity contribution < 1.29 is 17.9 Å². The Bertz CT molecular complexity index is 943. The van der Waals surface area contributed by atoms with Gasteiger partial charge in [-0.3, -0.25) is 4.98 Å². The number of hydrogen-bond donors (Lipinski definition) is 1. The van der Waals surface area contributed by atoms with E-state index in [0.29, 0.717) is 17.2 Å². The van der Waals surface area contributed by atoms with Crippen molar-refractivity contribution in [3.05, 3.63) is 89.3 Å². The van der Waals surface area contributed by atoms with Crippen LogP contribution in [0, 0.1) is 0 Å². The van der Waals surface area contributed by atoms with Gasteiger partial charge in [0.25, 0.3) is 0 Å². The highest BCUT2D eigenvalue weighted by atomic mass is 35.5. The molecule has 138 valence electrons. The number of para-hydroxylation sites is 3. The molecule has 1 N–H and O–H groups in total. The van der Waals surface area contributed by atoms with Gasteiger partial charge in [-0.1, -0.05) is 41.9 Å². The lowest BCUT2D eigenvalue weighted by Gasteiger charge is -2.11. The second kappa shape index (κ2) is 8.14. The molecule has 0 spiro atoms. The largest absolute Gasteiger partial charge is 0.455 e. The Morgan fingerprint density at radius 1 is 1.00 bits per heavy atom. The standard InChI is InChI=1S/C20H14ClF3N2O/c21-16-12-14(20(22,23)24)13-26-17(16)10-11-25-18-8-4-5-9-19(18)27-15-6-2-1-3-7-15/h1-13,25H. The molecular formula is C20H14ClF3N2O. The summed E-state index contributed by atoms with van der Waals surface area (Å²) in [5.74, 6) is 1.28. The van der Waals surface area contributed by atoms with E-state index < -0.39 is 11.7 Å². The molecule has 3 nitrogen and oxygen atoms in total. The van der Waals surface area contributed by atoms with Crippen molar-refractivity contribution in [2.75, 3.05) is 5.32 Å². The molecule has 2 aromatic carbocycles. The van der Waals surface area contributed by atoms with E-state index in [1.54, 1.807) is 6.07 Å². The molecule has 27 heavy (non-hydrogen) atoms. The molecule has 0 aliphatic carbocycles. The molecular weight excluding hydrogens is 377 g/mol. The summed E-state index contributed by atoms with van der Waals surface area (Å²) >= 11 is 5.89. The van der Waals surface area contributed by atoms with Crippen LogP contribution in [0.2, 0.25) is 5.02 Å². The molecule has 1 heterocycles. The van der Waals surface area contributed by atoms with Gasteiger partial charge in [-0.25, -0.2) is 0 Å². The van der Waals surface area contributed by atoms with Crippen molar-refractivity contribution in [1.29, 1.82) is 0 Å². The van der Waals surface area contributed by atoms with Crippen LogP contribution in [0.4, 0.5) is 18.9 Å². The number of ether oxygens (including phenoxy) is 1. The first kappa shape index (κ1) is 18.8. The molecule has 0 aliphatic rings. The van der Waals surface area contributed by atoms with Crippen molar-refractivity contribution in [3.63, 3.8) is 0 Å². The number of benzene rings is 2. The molecule has 0 unspecified atom stereocenters. The molecule has 0 atom stereocenters. The number of alkyl halides is 3. The molecule has 3 aromatic rings. The minimum Gasteiger partial charge on any atom is -0.455 e. The Kier molecular flexibility index (Phi) is 5.66. The molecule has 0 aliphatic heterocycles. The summed E-state index contributed by atoms with van der Waals surface area (Å²) in [6, 6.07) is 17.4. The maximum atomic E-state index is 12.7. The first-order valence-corrected chi connectivity index (χ1v) is 8.29. The van der Waals surface area contributed by atoms with Crippen LogP contribution < -0.4 is 10.1 Å².